The van der Waals surface area contributed by atoms with Gasteiger partial charge in [-0.05, 0) is 18.4 Å². The molecule has 0 spiro atoms. The summed E-state index contributed by atoms with van der Waals surface area (Å²) in [4.78, 5) is 0. The largest absolute Gasteiger partial charge is 0.388 e. The van der Waals surface area contributed by atoms with E-state index < -0.39 is 16.9 Å². The number of benzene rings is 1. The Balaban J connectivity index is 2.15. The summed E-state index contributed by atoms with van der Waals surface area (Å²) in [6.07, 6.45) is 2.03. The van der Waals surface area contributed by atoms with Crippen LogP contribution in [0.15, 0.2) is 30.3 Å². The van der Waals surface area contributed by atoms with Crippen LogP contribution < -0.4 is 0 Å². The first-order chi connectivity index (χ1) is 9.03. The standard InChI is InChI=1S/C15H22O2S2/c1-12(2)18-15(9-6-10-19(15)17)11-14(16)13-7-4-3-5-8-13/h3-5,7-8,12,14,16H,6,9-11H2,1-2H3/t14-,15+,19?/m0/s1. The van der Waals surface area contributed by atoms with Crippen LogP contribution in [0.1, 0.15) is 44.8 Å². The van der Waals surface area contributed by atoms with Crippen molar-refractivity contribution < 1.29 is 9.32 Å². The lowest BCUT2D eigenvalue weighted by molar-refractivity contribution is 0.162. The Morgan fingerprint density at radius 1 is 1.37 bits per heavy atom. The molecule has 1 aliphatic heterocycles. The van der Waals surface area contributed by atoms with Gasteiger partial charge in [-0.3, -0.25) is 4.21 Å². The molecule has 1 aromatic carbocycles. The topological polar surface area (TPSA) is 37.3 Å². The van der Waals surface area contributed by atoms with Crippen LogP contribution in [-0.4, -0.2) is 24.4 Å². The summed E-state index contributed by atoms with van der Waals surface area (Å²) in [6, 6.07) is 9.70. The van der Waals surface area contributed by atoms with Gasteiger partial charge in [0.1, 0.15) is 0 Å². The second-order valence-electron chi connectivity index (χ2n) is 5.36. The fraction of sp³-hybridized carbons (Fsp3) is 0.600. The summed E-state index contributed by atoms with van der Waals surface area (Å²) < 4.78 is 12.1. The molecule has 2 rings (SSSR count). The molecule has 0 saturated carbocycles. The van der Waals surface area contributed by atoms with Gasteiger partial charge in [0.05, 0.1) is 10.2 Å². The molecule has 1 heterocycles. The average molecular weight is 298 g/mol. The monoisotopic (exact) mass is 298 g/mol. The van der Waals surface area contributed by atoms with Crippen LogP contribution in [0.25, 0.3) is 0 Å². The highest BCUT2D eigenvalue weighted by Crippen LogP contribution is 2.47. The van der Waals surface area contributed by atoms with Crippen molar-refractivity contribution in [1.82, 2.24) is 0 Å². The van der Waals surface area contributed by atoms with Gasteiger partial charge < -0.3 is 5.11 Å². The van der Waals surface area contributed by atoms with Crippen molar-refractivity contribution in [3.63, 3.8) is 0 Å². The fourth-order valence-corrected chi connectivity index (χ4v) is 6.77. The van der Waals surface area contributed by atoms with Crippen LogP contribution in [0.2, 0.25) is 0 Å². The zero-order chi connectivity index (χ0) is 13.9. The molecule has 1 saturated heterocycles. The normalized spacial score (nSPS) is 28.7. The van der Waals surface area contributed by atoms with E-state index in [1.54, 1.807) is 11.8 Å². The quantitative estimate of drug-likeness (QED) is 0.904. The Hall–Kier alpha value is -0.320. The number of hydrogen-bond acceptors (Lipinski definition) is 3. The molecule has 2 nitrogen and oxygen atoms in total. The third-order valence-electron chi connectivity index (χ3n) is 3.44. The van der Waals surface area contributed by atoms with E-state index in [0.29, 0.717) is 11.7 Å². The van der Waals surface area contributed by atoms with Crippen molar-refractivity contribution in [2.24, 2.45) is 0 Å². The van der Waals surface area contributed by atoms with E-state index >= 15 is 0 Å². The molecule has 106 valence electrons. The maximum Gasteiger partial charge on any atom is 0.0939 e. The van der Waals surface area contributed by atoms with Crippen LogP contribution in [-0.2, 0) is 10.8 Å². The lowest BCUT2D eigenvalue weighted by Gasteiger charge is -2.31. The predicted octanol–water partition coefficient (Wildman–Crippen LogP) is 3.49. The van der Waals surface area contributed by atoms with Gasteiger partial charge in [-0.15, -0.1) is 11.8 Å². The van der Waals surface area contributed by atoms with Crippen LogP contribution in [0, 0.1) is 0 Å². The Labute approximate surface area is 122 Å². The van der Waals surface area contributed by atoms with Gasteiger partial charge in [0.25, 0.3) is 0 Å². The third-order valence-corrected chi connectivity index (χ3v) is 7.42. The molecule has 0 amide bonds. The van der Waals surface area contributed by atoms with Crippen LogP contribution in [0.4, 0.5) is 0 Å². The molecule has 19 heavy (non-hydrogen) atoms. The Kier molecular flexibility index (Phi) is 5.09. The molecular weight excluding hydrogens is 276 g/mol. The van der Waals surface area contributed by atoms with Crippen LogP contribution in [0.3, 0.4) is 0 Å². The zero-order valence-electron chi connectivity index (χ0n) is 11.5. The first-order valence-electron chi connectivity index (χ1n) is 6.83. The summed E-state index contributed by atoms with van der Waals surface area (Å²) in [6.45, 7) is 4.27. The highest BCUT2D eigenvalue weighted by molar-refractivity contribution is 8.13. The number of aliphatic hydroxyl groups is 1. The van der Waals surface area contributed by atoms with E-state index in [2.05, 4.69) is 13.8 Å². The lowest BCUT2D eigenvalue weighted by atomic mass is 10.0. The Morgan fingerprint density at radius 3 is 2.58 bits per heavy atom. The number of rotatable bonds is 5. The molecule has 0 aliphatic carbocycles. The van der Waals surface area contributed by atoms with Gasteiger partial charge in [-0.2, -0.15) is 0 Å². The van der Waals surface area contributed by atoms with E-state index in [9.17, 15) is 9.32 Å². The summed E-state index contributed by atoms with van der Waals surface area (Å²) in [5.74, 6) is 0.779. The minimum absolute atomic E-state index is 0.260. The first kappa shape index (κ1) is 15.1. The lowest BCUT2D eigenvalue weighted by Crippen LogP contribution is -2.30. The van der Waals surface area contributed by atoms with E-state index in [1.807, 2.05) is 30.3 Å². The molecule has 1 N–H and O–H groups in total. The molecular formula is C15H22O2S2. The molecule has 4 heteroatoms. The summed E-state index contributed by atoms with van der Waals surface area (Å²) in [7, 11) is -0.831. The Bertz CT molecular complexity index is 433. The van der Waals surface area contributed by atoms with Crippen molar-refractivity contribution in [2.75, 3.05) is 5.75 Å². The summed E-state index contributed by atoms with van der Waals surface area (Å²) in [5, 5.41) is 10.9. The van der Waals surface area contributed by atoms with Crippen molar-refractivity contribution in [3.05, 3.63) is 35.9 Å². The van der Waals surface area contributed by atoms with Crippen molar-refractivity contribution >= 4 is 22.6 Å². The third kappa shape index (κ3) is 3.61. The number of thioether (sulfide) groups is 1. The second kappa shape index (κ2) is 6.42. The Morgan fingerprint density at radius 2 is 2.05 bits per heavy atom. The van der Waals surface area contributed by atoms with Crippen molar-refractivity contribution in [2.45, 2.75) is 48.5 Å². The zero-order valence-corrected chi connectivity index (χ0v) is 13.2. The number of aliphatic hydroxyl groups excluding tert-OH is 1. The van der Waals surface area contributed by atoms with Gasteiger partial charge in [-0.25, -0.2) is 0 Å². The van der Waals surface area contributed by atoms with E-state index in [0.717, 1.165) is 24.2 Å². The fourth-order valence-electron chi connectivity index (χ4n) is 2.65. The summed E-state index contributed by atoms with van der Waals surface area (Å²) >= 11 is 1.78. The smallest absolute Gasteiger partial charge is 0.0939 e. The van der Waals surface area contributed by atoms with Gasteiger partial charge in [0.15, 0.2) is 0 Å². The minimum atomic E-state index is -0.831. The van der Waals surface area contributed by atoms with Crippen LogP contribution in [0.5, 0.6) is 0 Å². The molecule has 1 unspecified atom stereocenters. The average Bonchev–Trinajstić information content (AvgIpc) is 2.71. The highest BCUT2D eigenvalue weighted by atomic mass is 32.2. The number of hydrogen-bond donors (Lipinski definition) is 1. The van der Waals surface area contributed by atoms with Gasteiger partial charge in [0, 0.05) is 28.2 Å². The van der Waals surface area contributed by atoms with Crippen LogP contribution >= 0.6 is 11.8 Å². The van der Waals surface area contributed by atoms with Crippen molar-refractivity contribution in [3.8, 4) is 0 Å². The van der Waals surface area contributed by atoms with Crippen molar-refractivity contribution in [1.29, 1.82) is 0 Å². The minimum Gasteiger partial charge on any atom is -0.388 e. The van der Waals surface area contributed by atoms with E-state index in [4.69, 9.17) is 0 Å². The van der Waals surface area contributed by atoms with Gasteiger partial charge in [-0.1, -0.05) is 44.2 Å². The maximum atomic E-state index is 12.4. The molecule has 0 aromatic heterocycles. The molecule has 1 aliphatic rings. The van der Waals surface area contributed by atoms with Gasteiger partial charge in [0.2, 0.25) is 0 Å². The molecule has 3 atom stereocenters. The molecule has 0 bridgehead atoms. The SMILES string of the molecule is CC(C)S[C@]1(C[C@H](O)c2ccccc2)CCCS1=O. The van der Waals surface area contributed by atoms with E-state index in [-0.39, 0.29) is 4.08 Å². The maximum absolute atomic E-state index is 12.4. The summed E-state index contributed by atoms with van der Waals surface area (Å²) in [5.41, 5.74) is 0.926. The van der Waals surface area contributed by atoms with E-state index in [1.165, 1.54) is 0 Å². The molecule has 1 fully saturated rings. The first-order valence-corrected chi connectivity index (χ1v) is 9.03. The van der Waals surface area contributed by atoms with Gasteiger partial charge >= 0.3 is 0 Å². The highest BCUT2D eigenvalue weighted by Gasteiger charge is 2.43. The molecule has 0 radical (unpaired) electrons. The predicted molar refractivity (Wildman–Crippen MR) is 83.7 cm³/mol. The molecule has 1 aromatic rings. The second-order valence-corrected chi connectivity index (χ2v) is 9.46.